The molecule has 0 saturated carbocycles. The monoisotopic (exact) mass is 275 g/mol. The van der Waals surface area contributed by atoms with E-state index >= 15 is 0 Å². The zero-order chi connectivity index (χ0) is 14.4. The largest absolute Gasteiger partial charge is 0.284 e. The molecule has 0 unspecified atom stereocenters. The van der Waals surface area contributed by atoms with E-state index in [4.69, 9.17) is 0 Å². The first-order valence-corrected chi connectivity index (χ1v) is 7.49. The molecule has 0 bridgehead atoms. The van der Waals surface area contributed by atoms with Crippen LogP contribution in [-0.2, 0) is 6.42 Å². The van der Waals surface area contributed by atoms with Crippen LogP contribution in [0, 0.1) is 6.92 Å². The highest BCUT2D eigenvalue weighted by atomic mass is 16.2. The van der Waals surface area contributed by atoms with E-state index in [9.17, 15) is 4.79 Å². The third-order valence-electron chi connectivity index (χ3n) is 4.44. The number of carbonyl (C=O) groups excluding carboxylic acids is 1. The van der Waals surface area contributed by atoms with Gasteiger partial charge in [-0.1, -0.05) is 42.5 Å². The minimum Gasteiger partial charge on any atom is -0.284 e. The number of carbonyl (C=O) groups is 1. The number of fused-ring (bicyclic) bond motifs is 3. The second-order valence-corrected chi connectivity index (χ2v) is 5.74. The number of rotatable bonds is 1. The van der Waals surface area contributed by atoms with Gasteiger partial charge in [-0.3, -0.25) is 9.36 Å². The van der Waals surface area contributed by atoms with Gasteiger partial charge in [-0.05, 0) is 37.0 Å². The van der Waals surface area contributed by atoms with Crippen LogP contribution in [0.4, 0.5) is 0 Å². The lowest BCUT2D eigenvalue weighted by atomic mass is 9.95. The standard InChI is InChI=1S/C19H17NO/c1-13-7-2-3-8-14(13)19-15-9-4-5-10-16(15)20-17(19)11-6-12-18(20)21/h2-5,7-10H,6,11-12H2,1H3. The van der Waals surface area contributed by atoms with Crippen LogP contribution in [0.2, 0.25) is 0 Å². The molecule has 2 aromatic carbocycles. The number of hydrogen-bond acceptors (Lipinski definition) is 1. The molecule has 4 rings (SSSR count). The maximum Gasteiger partial charge on any atom is 0.231 e. The first-order chi connectivity index (χ1) is 10.3. The van der Waals surface area contributed by atoms with Crippen LogP contribution in [0.3, 0.4) is 0 Å². The Morgan fingerprint density at radius 2 is 1.71 bits per heavy atom. The predicted molar refractivity (Wildman–Crippen MR) is 85.7 cm³/mol. The van der Waals surface area contributed by atoms with Gasteiger partial charge in [-0.25, -0.2) is 0 Å². The second-order valence-electron chi connectivity index (χ2n) is 5.74. The van der Waals surface area contributed by atoms with Crippen molar-refractivity contribution in [3.8, 4) is 11.1 Å². The number of aromatic nitrogens is 1. The van der Waals surface area contributed by atoms with Crippen molar-refractivity contribution in [1.29, 1.82) is 0 Å². The Balaban J connectivity index is 2.15. The Bertz CT molecular complexity index is 857. The first-order valence-electron chi connectivity index (χ1n) is 7.49. The molecular weight excluding hydrogens is 258 g/mol. The fourth-order valence-electron chi connectivity index (χ4n) is 3.49. The molecule has 0 spiro atoms. The van der Waals surface area contributed by atoms with E-state index in [1.807, 2.05) is 10.6 Å². The highest BCUT2D eigenvalue weighted by Gasteiger charge is 2.25. The Morgan fingerprint density at radius 1 is 0.952 bits per heavy atom. The quantitative estimate of drug-likeness (QED) is 0.636. The van der Waals surface area contributed by atoms with E-state index in [1.54, 1.807) is 0 Å². The molecular formula is C19H17NO. The van der Waals surface area contributed by atoms with Crippen molar-refractivity contribution in [3.05, 3.63) is 59.8 Å². The van der Waals surface area contributed by atoms with Crippen LogP contribution in [0.15, 0.2) is 48.5 Å². The molecule has 21 heavy (non-hydrogen) atoms. The summed E-state index contributed by atoms with van der Waals surface area (Å²) in [5.74, 6) is 0.229. The molecule has 0 N–H and O–H groups in total. The predicted octanol–water partition coefficient (Wildman–Crippen LogP) is 4.59. The lowest BCUT2D eigenvalue weighted by Gasteiger charge is -2.16. The molecule has 0 saturated heterocycles. The summed E-state index contributed by atoms with van der Waals surface area (Å²) in [4.78, 5) is 12.4. The van der Waals surface area contributed by atoms with Crippen LogP contribution in [-0.4, -0.2) is 10.5 Å². The molecule has 1 aliphatic heterocycles. The summed E-state index contributed by atoms with van der Waals surface area (Å²) in [6, 6.07) is 16.7. The Labute approximate surface area is 124 Å². The number of para-hydroxylation sites is 1. The lowest BCUT2D eigenvalue weighted by molar-refractivity contribution is 0.0890. The van der Waals surface area contributed by atoms with Gasteiger partial charge in [0.15, 0.2) is 0 Å². The van der Waals surface area contributed by atoms with Crippen molar-refractivity contribution in [2.24, 2.45) is 0 Å². The molecule has 2 heterocycles. The van der Waals surface area contributed by atoms with Crippen molar-refractivity contribution in [1.82, 2.24) is 4.57 Å². The molecule has 0 radical (unpaired) electrons. The summed E-state index contributed by atoms with van der Waals surface area (Å²) in [5.41, 5.74) is 5.99. The molecule has 104 valence electrons. The van der Waals surface area contributed by atoms with Gasteiger partial charge in [0.05, 0.1) is 5.52 Å². The molecule has 0 aliphatic carbocycles. The van der Waals surface area contributed by atoms with Crippen molar-refractivity contribution in [3.63, 3.8) is 0 Å². The van der Waals surface area contributed by atoms with Gasteiger partial charge in [0.1, 0.15) is 0 Å². The molecule has 0 atom stereocenters. The zero-order valence-corrected chi connectivity index (χ0v) is 12.1. The normalized spacial score (nSPS) is 14.4. The summed E-state index contributed by atoms with van der Waals surface area (Å²) in [5, 5.41) is 1.19. The Hall–Kier alpha value is -2.35. The molecule has 1 aliphatic rings. The zero-order valence-electron chi connectivity index (χ0n) is 12.1. The van der Waals surface area contributed by atoms with E-state index in [0.29, 0.717) is 6.42 Å². The highest BCUT2D eigenvalue weighted by molar-refractivity contribution is 6.04. The maximum atomic E-state index is 12.4. The molecule has 3 aromatic rings. The van der Waals surface area contributed by atoms with Gasteiger partial charge >= 0.3 is 0 Å². The molecule has 2 heteroatoms. The smallest absolute Gasteiger partial charge is 0.231 e. The average Bonchev–Trinajstić information content (AvgIpc) is 2.83. The van der Waals surface area contributed by atoms with E-state index < -0.39 is 0 Å². The number of aryl methyl sites for hydroxylation is 1. The van der Waals surface area contributed by atoms with Gasteiger partial charge in [0.25, 0.3) is 0 Å². The van der Waals surface area contributed by atoms with Crippen molar-refractivity contribution >= 4 is 16.8 Å². The fraction of sp³-hybridized carbons (Fsp3) is 0.211. The van der Waals surface area contributed by atoms with Gasteiger partial charge in [0, 0.05) is 23.1 Å². The van der Waals surface area contributed by atoms with E-state index in [2.05, 4.69) is 49.4 Å². The number of nitrogens with zero attached hydrogens (tertiary/aromatic N) is 1. The lowest BCUT2D eigenvalue weighted by Crippen LogP contribution is -2.19. The minimum absolute atomic E-state index is 0.229. The first kappa shape index (κ1) is 12.4. The van der Waals surface area contributed by atoms with Crippen LogP contribution in [0.25, 0.3) is 22.0 Å². The average molecular weight is 275 g/mol. The van der Waals surface area contributed by atoms with Crippen molar-refractivity contribution in [2.45, 2.75) is 26.2 Å². The van der Waals surface area contributed by atoms with Crippen molar-refractivity contribution in [2.75, 3.05) is 0 Å². The van der Waals surface area contributed by atoms with E-state index in [1.165, 1.54) is 27.8 Å². The number of benzene rings is 2. The minimum atomic E-state index is 0.229. The molecule has 0 amide bonds. The summed E-state index contributed by atoms with van der Waals surface area (Å²) in [6.45, 7) is 2.14. The molecule has 2 nitrogen and oxygen atoms in total. The van der Waals surface area contributed by atoms with Crippen LogP contribution >= 0.6 is 0 Å². The Kier molecular flexibility index (Phi) is 2.71. The molecule has 0 fully saturated rings. The second kappa shape index (κ2) is 4.59. The summed E-state index contributed by atoms with van der Waals surface area (Å²) < 4.78 is 1.95. The van der Waals surface area contributed by atoms with Gasteiger partial charge in [-0.15, -0.1) is 0 Å². The summed E-state index contributed by atoms with van der Waals surface area (Å²) >= 11 is 0. The summed E-state index contributed by atoms with van der Waals surface area (Å²) in [6.07, 6.45) is 2.58. The SMILES string of the molecule is Cc1ccccc1-c1c2n(c3ccccc13)C(=O)CCC2. The maximum absolute atomic E-state index is 12.4. The van der Waals surface area contributed by atoms with E-state index in [-0.39, 0.29) is 5.91 Å². The van der Waals surface area contributed by atoms with Gasteiger partial charge < -0.3 is 0 Å². The van der Waals surface area contributed by atoms with Gasteiger partial charge in [-0.2, -0.15) is 0 Å². The third kappa shape index (κ3) is 1.75. The Morgan fingerprint density at radius 3 is 2.57 bits per heavy atom. The fourth-order valence-corrected chi connectivity index (χ4v) is 3.49. The van der Waals surface area contributed by atoms with E-state index in [0.717, 1.165) is 18.4 Å². The van der Waals surface area contributed by atoms with Crippen LogP contribution in [0.5, 0.6) is 0 Å². The van der Waals surface area contributed by atoms with Crippen LogP contribution < -0.4 is 0 Å². The third-order valence-corrected chi connectivity index (χ3v) is 4.44. The van der Waals surface area contributed by atoms with Gasteiger partial charge in [0.2, 0.25) is 5.91 Å². The molecule has 1 aromatic heterocycles. The number of hydrogen-bond donors (Lipinski definition) is 0. The topological polar surface area (TPSA) is 22.0 Å². The highest BCUT2D eigenvalue weighted by Crippen LogP contribution is 2.38. The summed E-state index contributed by atoms with van der Waals surface area (Å²) in [7, 11) is 0. The van der Waals surface area contributed by atoms with Crippen LogP contribution in [0.1, 0.15) is 28.9 Å². The van der Waals surface area contributed by atoms with Crippen molar-refractivity contribution < 1.29 is 4.79 Å².